The van der Waals surface area contributed by atoms with Crippen LogP contribution in [0.25, 0.3) is 0 Å². The van der Waals surface area contributed by atoms with Crippen LogP contribution in [0.2, 0.25) is 0 Å². The molecule has 0 atom stereocenters. The van der Waals surface area contributed by atoms with Crippen molar-refractivity contribution in [3.8, 4) is 5.75 Å². The molecule has 1 aromatic rings. The third-order valence-corrected chi connectivity index (χ3v) is 3.32. The number of nitrogens with one attached hydrogen (secondary N) is 1. The van der Waals surface area contributed by atoms with Crippen molar-refractivity contribution in [2.24, 2.45) is 0 Å². The van der Waals surface area contributed by atoms with Gasteiger partial charge in [0.05, 0.1) is 0 Å². The summed E-state index contributed by atoms with van der Waals surface area (Å²) in [6, 6.07) is 3.45. The zero-order valence-electron chi connectivity index (χ0n) is 9.93. The van der Waals surface area contributed by atoms with Gasteiger partial charge in [0.15, 0.2) is 11.6 Å². The van der Waals surface area contributed by atoms with Crippen LogP contribution in [0.3, 0.4) is 0 Å². The van der Waals surface area contributed by atoms with Crippen molar-refractivity contribution in [1.82, 2.24) is 5.32 Å². The maximum Gasteiger partial charge on any atom is 0.168 e. The number of ether oxygens (including phenoxy) is 1. The highest BCUT2D eigenvalue weighted by molar-refractivity contribution is 5.26. The Hall–Kier alpha value is -1.16. The van der Waals surface area contributed by atoms with E-state index in [-0.39, 0.29) is 11.4 Å². The second-order valence-electron chi connectivity index (χ2n) is 4.57. The molecular weight excluding hydrogens is 224 g/mol. The van der Waals surface area contributed by atoms with Gasteiger partial charge in [-0.2, -0.15) is 0 Å². The Morgan fingerprint density at radius 1 is 1.35 bits per heavy atom. The molecule has 0 aliphatic heterocycles. The van der Waals surface area contributed by atoms with Gasteiger partial charge in [0.1, 0.15) is 11.4 Å². The number of rotatable bonds is 5. The first-order valence-electron chi connectivity index (χ1n) is 5.94. The van der Waals surface area contributed by atoms with Gasteiger partial charge >= 0.3 is 0 Å². The van der Waals surface area contributed by atoms with Crippen LogP contribution in [0.1, 0.15) is 25.7 Å². The number of halogens is 2. The molecule has 0 saturated heterocycles. The lowest BCUT2D eigenvalue weighted by molar-refractivity contribution is -0.0169. The highest BCUT2D eigenvalue weighted by atomic mass is 19.1. The van der Waals surface area contributed by atoms with Crippen LogP contribution in [0.5, 0.6) is 5.75 Å². The molecule has 1 aromatic carbocycles. The molecule has 17 heavy (non-hydrogen) atoms. The van der Waals surface area contributed by atoms with E-state index in [4.69, 9.17) is 4.74 Å². The van der Waals surface area contributed by atoms with Gasteiger partial charge < -0.3 is 10.1 Å². The summed E-state index contributed by atoms with van der Waals surface area (Å²) in [4.78, 5) is 0. The van der Waals surface area contributed by atoms with Crippen molar-refractivity contribution in [3.63, 3.8) is 0 Å². The van der Waals surface area contributed by atoms with Gasteiger partial charge in [-0.3, -0.25) is 0 Å². The summed E-state index contributed by atoms with van der Waals surface area (Å²) < 4.78 is 32.0. The van der Waals surface area contributed by atoms with Crippen molar-refractivity contribution in [3.05, 3.63) is 29.8 Å². The molecule has 1 aliphatic carbocycles. The Morgan fingerprint density at radius 2 is 2.12 bits per heavy atom. The van der Waals surface area contributed by atoms with Gasteiger partial charge in [-0.15, -0.1) is 0 Å². The third kappa shape index (κ3) is 2.75. The molecule has 0 amide bonds. The second-order valence-corrected chi connectivity index (χ2v) is 4.57. The third-order valence-electron chi connectivity index (χ3n) is 3.32. The zero-order chi connectivity index (χ0) is 12.3. The van der Waals surface area contributed by atoms with Gasteiger partial charge in [-0.1, -0.05) is 0 Å². The predicted molar refractivity (Wildman–Crippen MR) is 62.1 cm³/mol. The van der Waals surface area contributed by atoms with Crippen molar-refractivity contribution in [2.45, 2.75) is 31.3 Å². The number of hydrogen-bond donors (Lipinski definition) is 1. The summed E-state index contributed by atoms with van der Waals surface area (Å²) in [5.74, 6) is -1.05. The first-order chi connectivity index (χ1) is 8.15. The number of benzene rings is 1. The van der Waals surface area contributed by atoms with Crippen molar-refractivity contribution in [2.75, 3.05) is 13.6 Å². The molecule has 2 nitrogen and oxygen atoms in total. The van der Waals surface area contributed by atoms with Crippen LogP contribution in [0, 0.1) is 11.6 Å². The summed E-state index contributed by atoms with van der Waals surface area (Å²) in [5, 5.41) is 3.07. The Labute approximate surface area is 100.0 Å². The summed E-state index contributed by atoms with van der Waals surface area (Å²) in [7, 11) is 1.88. The van der Waals surface area contributed by atoms with Crippen LogP contribution in [-0.2, 0) is 0 Å². The SMILES string of the molecule is CNCCC1(Oc2ccc(F)cc2F)CCC1. The fourth-order valence-corrected chi connectivity index (χ4v) is 2.12. The lowest BCUT2D eigenvalue weighted by Crippen LogP contribution is -2.45. The molecule has 0 bridgehead atoms. The Bertz CT molecular complexity index is 391. The molecule has 1 N–H and O–H groups in total. The van der Waals surface area contributed by atoms with E-state index in [1.54, 1.807) is 0 Å². The summed E-state index contributed by atoms with van der Waals surface area (Å²) in [6.45, 7) is 0.836. The standard InChI is InChI=1S/C13H17F2NO/c1-16-8-7-13(5-2-6-13)17-12-4-3-10(14)9-11(12)15/h3-4,9,16H,2,5-8H2,1H3. The Kier molecular flexibility index (Phi) is 3.62. The van der Waals surface area contributed by atoms with Gasteiger partial charge in [0, 0.05) is 6.07 Å². The van der Waals surface area contributed by atoms with E-state index in [0.717, 1.165) is 38.3 Å². The van der Waals surface area contributed by atoms with Crippen LogP contribution >= 0.6 is 0 Å². The van der Waals surface area contributed by atoms with Crippen molar-refractivity contribution >= 4 is 0 Å². The maximum atomic E-state index is 13.5. The normalized spacial score (nSPS) is 17.6. The second kappa shape index (κ2) is 5.00. The minimum absolute atomic E-state index is 0.155. The van der Waals surface area contributed by atoms with E-state index >= 15 is 0 Å². The molecule has 0 heterocycles. The van der Waals surface area contributed by atoms with E-state index in [0.29, 0.717) is 0 Å². The highest BCUT2D eigenvalue weighted by Gasteiger charge is 2.39. The summed E-state index contributed by atoms with van der Waals surface area (Å²) in [5.41, 5.74) is -0.262. The first kappa shape index (κ1) is 12.3. The minimum Gasteiger partial charge on any atom is -0.484 e. The van der Waals surface area contributed by atoms with E-state index in [9.17, 15) is 8.78 Å². The number of hydrogen-bond acceptors (Lipinski definition) is 2. The van der Waals surface area contributed by atoms with Crippen LogP contribution < -0.4 is 10.1 Å². The van der Waals surface area contributed by atoms with Crippen molar-refractivity contribution < 1.29 is 13.5 Å². The van der Waals surface area contributed by atoms with E-state index in [2.05, 4.69) is 5.32 Å². The average molecular weight is 241 g/mol. The van der Waals surface area contributed by atoms with Gasteiger partial charge in [0.25, 0.3) is 0 Å². The Morgan fingerprint density at radius 3 is 2.65 bits per heavy atom. The van der Waals surface area contributed by atoms with Gasteiger partial charge in [-0.25, -0.2) is 8.78 Å². The fraction of sp³-hybridized carbons (Fsp3) is 0.538. The molecule has 1 fully saturated rings. The molecule has 1 aliphatic rings. The van der Waals surface area contributed by atoms with Crippen LogP contribution in [-0.4, -0.2) is 19.2 Å². The first-order valence-corrected chi connectivity index (χ1v) is 5.94. The van der Waals surface area contributed by atoms with Gasteiger partial charge in [-0.05, 0) is 51.4 Å². The molecule has 0 spiro atoms. The van der Waals surface area contributed by atoms with E-state index in [1.165, 1.54) is 12.1 Å². The fourth-order valence-electron chi connectivity index (χ4n) is 2.12. The largest absolute Gasteiger partial charge is 0.484 e. The molecule has 0 unspecified atom stereocenters. The van der Waals surface area contributed by atoms with Crippen LogP contribution in [0.15, 0.2) is 18.2 Å². The molecule has 2 rings (SSSR count). The van der Waals surface area contributed by atoms with Crippen LogP contribution in [0.4, 0.5) is 8.78 Å². The quantitative estimate of drug-likeness (QED) is 0.855. The molecule has 4 heteroatoms. The Balaban J connectivity index is 2.07. The molecule has 0 radical (unpaired) electrons. The summed E-state index contributed by atoms with van der Waals surface area (Å²) >= 11 is 0. The molecular formula is C13H17F2NO. The van der Waals surface area contributed by atoms with Crippen molar-refractivity contribution in [1.29, 1.82) is 0 Å². The molecule has 1 saturated carbocycles. The zero-order valence-corrected chi connectivity index (χ0v) is 9.93. The lowest BCUT2D eigenvalue weighted by atomic mass is 9.77. The minimum atomic E-state index is -0.624. The lowest BCUT2D eigenvalue weighted by Gasteiger charge is -2.42. The maximum absolute atomic E-state index is 13.5. The highest BCUT2D eigenvalue weighted by Crippen LogP contribution is 2.39. The topological polar surface area (TPSA) is 21.3 Å². The van der Waals surface area contributed by atoms with Gasteiger partial charge in [0.2, 0.25) is 0 Å². The predicted octanol–water partition coefficient (Wildman–Crippen LogP) is 2.88. The smallest absolute Gasteiger partial charge is 0.168 e. The average Bonchev–Trinajstić information content (AvgIpc) is 2.25. The van der Waals surface area contributed by atoms with E-state index in [1.807, 2.05) is 7.05 Å². The summed E-state index contributed by atoms with van der Waals surface area (Å²) in [6.07, 6.45) is 3.82. The molecule has 94 valence electrons. The van der Waals surface area contributed by atoms with E-state index < -0.39 is 11.6 Å². The monoisotopic (exact) mass is 241 g/mol. The molecule has 0 aromatic heterocycles.